The zero-order valence-corrected chi connectivity index (χ0v) is 14.4. The van der Waals surface area contributed by atoms with Crippen molar-refractivity contribution < 1.29 is 8.42 Å². The van der Waals surface area contributed by atoms with Gasteiger partial charge in [0.05, 0.1) is 4.90 Å². The molecule has 112 valence electrons. The zero-order valence-electron chi connectivity index (χ0n) is 12.0. The summed E-state index contributed by atoms with van der Waals surface area (Å²) in [6.07, 6.45) is 1.97. The zero-order chi connectivity index (χ0) is 14.9. The van der Waals surface area contributed by atoms with Crippen LogP contribution in [0.15, 0.2) is 21.5 Å². The Bertz CT molecular complexity index is 601. The maximum atomic E-state index is 12.5. The van der Waals surface area contributed by atoms with Gasteiger partial charge in [0.25, 0.3) is 0 Å². The summed E-state index contributed by atoms with van der Waals surface area (Å²) in [7, 11) is -1.61. The molecule has 1 fully saturated rings. The van der Waals surface area contributed by atoms with Gasteiger partial charge in [-0.1, -0.05) is 19.4 Å². The van der Waals surface area contributed by atoms with Crippen molar-refractivity contribution >= 4 is 26.0 Å². The normalized spacial score (nSPS) is 22.0. The van der Waals surface area contributed by atoms with Crippen molar-refractivity contribution in [1.29, 1.82) is 0 Å². The minimum Gasteiger partial charge on any atom is -0.316 e. The second kappa shape index (κ2) is 6.13. The van der Waals surface area contributed by atoms with E-state index in [1.165, 1.54) is 0 Å². The van der Waals surface area contributed by atoms with Crippen LogP contribution in [0.25, 0.3) is 0 Å². The third-order valence-corrected chi connectivity index (χ3v) is 6.53. The van der Waals surface area contributed by atoms with Crippen molar-refractivity contribution in [1.82, 2.24) is 10.0 Å². The molecule has 2 unspecified atom stereocenters. The van der Waals surface area contributed by atoms with Crippen LogP contribution >= 0.6 is 15.9 Å². The molecule has 0 radical (unpaired) electrons. The predicted molar refractivity (Wildman–Crippen MR) is 84.2 cm³/mol. The lowest BCUT2D eigenvalue weighted by Gasteiger charge is -2.12. The average molecular weight is 361 g/mol. The number of nitrogens with one attached hydrogen (secondary N) is 2. The van der Waals surface area contributed by atoms with E-state index in [0.717, 1.165) is 24.0 Å². The lowest BCUT2D eigenvalue weighted by molar-refractivity contribution is 0.575. The molecular weight excluding hydrogens is 340 g/mol. The molecular formula is C14H21BrN2O2S. The Labute approximate surface area is 129 Å². The van der Waals surface area contributed by atoms with Crippen molar-refractivity contribution in [3.05, 3.63) is 27.7 Å². The molecule has 2 N–H and O–H groups in total. The van der Waals surface area contributed by atoms with Crippen LogP contribution in [0.5, 0.6) is 0 Å². The van der Waals surface area contributed by atoms with Crippen LogP contribution in [0.1, 0.15) is 30.9 Å². The van der Waals surface area contributed by atoms with Gasteiger partial charge in [0.2, 0.25) is 10.0 Å². The van der Waals surface area contributed by atoms with Crippen LogP contribution in [0.4, 0.5) is 0 Å². The molecule has 1 aromatic rings. The highest BCUT2D eigenvalue weighted by atomic mass is 79.9. The summed E-state index contributed by atoms with van der Waals surface area (Å²) in [5.41, 5.74) is 1.90. The summed E-state index contributed by atoms with van der Waals surface area (Å²) in [6, 6.07) is 3.83. The minimum absolute atomic E-state index is 0.102. The molecule has 0 heterocycles. The summed E-state index contributed by atoms with van der Waals surface area (Å²) < 4.78 is 28.5. The maximum Gasteiger partial charge on any atom is 0.241 e. The van der Waals surface area contributed by atoms with Gasteiger partial charge in [0.1, 0.15) is 0 Å². The van der Waals surface area contributed by atoms with Gasteiger partial charge in [-0.15, -0.1) is 0 Å². The predicted octanol–water partition coefficient (Wildman–Crippen LogP) is 2.55. The Hall–Kier alpha value is -0.430. The number of hydrogen-bond acceptors (Lipinski definition) is 3. The summed E-state index contributed by atoms with van der Waals surface area (Å²) in [5, 5.41) is 3.05. The standard InChI is InChI=1S/C14H21BrN2O2S/c1-4-11-7-12(11)17-20(18,19)13-6-10(8-16-3)5-9(2)14(13)15/h5-6,11-12,16-17H,4,7-8H2,1-3H3. The van der Waals surface area contributed by atoms with Crippen LogP contribution in [0.3, 0.4) is 0 Å². The van der Waals surface area contributed by atoms with E-state index in [1.807, 2.05) is 20.0 Å². The number of aryl methyl sites for hydroxylation is 1. The molecule has 0 saturated heterocycles. The first-order valence-corrected chi connectivity index (χ1v) is 9.12. The van der Waals surface area contributed by atoms with E-state index in [9.17, 15) is 8.42 Å². The van der Waals surface area contributed by atoms with Crippen LogP contribution < -0.4 is 10.0 Å². The fraction of sp³-hybridized carbons (Fsp3) is 0.571. The first-order valence-electron chi connectivity index (χ1n) is 6.85. The second-order valence-electron chi connectivity index (χ2n) is 5.39. The lowest BCUT2D eigenvalue weighted by atomic mass is 10.1. The van der Waals surface area contributed by atoms with Crippen molar-refractivity contribution in [2.75, 3.05) is 7.05 Å². The smallest absolute Gasteiger partial charge is 0.241 e. The molecule has 4 nitrogen and oxygen atoms in total. The van der Waals surface area contributed by atoms with Crippen LogP contribution in [-0.4, -0.2) is 21.5 Å². The van der Waals surface area contributed by atoms with E-state index in [1.54, 1.807) is 6.07 Å². The quantitative estimate of drug-likeness (QED) is 0.819. The van der Waals surface area contributed by atoms with E-state index in [0.29, 0.717) is 21.8 Å². The number of hydrogen-bond donors (Lipinski definition) is 2. The van der Waals surface area contributed by atoms with Gasteiger partial charge in [-0.05, 0) is 59.4 Å². The number of benzene rings is 1. The van der Waals surface area contributed by atoms with Gasteiger partial charge in [0.15, 0.2) is 0 Å². The number of rotatable bonds is 6. The average Bonchev–Trinajstić information content (AvgIpc) is 3.11. The van der Waals surface area contributed by atoms with Crippen molar-refractivity contribution in [3.8, 4) is 0 Å². The van der Waals surface area contributed by atoms with E-state index in [4.69, 9.17) is 0 Å². The van der Waals surface area contributed by atoms with Crippen molar-refractivity contribution in [3.63, 3.8) is 0 Å². The molecule has 2 atom stereocenters. The Balaban J connectivity index is 2.30. The van der Waals surface area contributed by atoms with Gasteiger partial charge in [-0.3, -0.25) is 0 Å². The maximum absolute atomic E-state index is 12.5. The molecule has 6 heteroatoms. The summed E-state index contributed by atoms with van der Waals surface area (Å²) in [4.78, 5) is 0.338. The summed E-state index contributed by atoms with van der Waals surface area (Å²) in [5.74, 6) is 0.491. The third kappa shape index (κ3) is 3.42. The van der Waals surface area contributed by atoms with Crippen LogP contribution in [0, 0.1) is 12.8 Å². The first-order chi connectivity index (χ1) is 9.39. The van der Waals surface area contributed by atoms with Gasteiger partial charge in [-0.2, -0.15) is 0 Å². The van der Waals surface area contributed by atoms with E-state index >= 15 is 0 Å². The highest BCUT2D eigenvalue weighted by molar-refractivity contribution is 9.10. The Morgan fingerprint density at radius 2 is 2.10 bits per heavy atom. The Kier molecular flexibility index (Phi) is 4.89. The van der Waals surface area contributed by atoms with Crippen LogP contribution in [0.2, 0.25) is 0 Å². The molecule has 0 aromatic heterocycles. The van der Waals surface area contributed by atoms with Gasteiger partial charge < -0.3 is 5.32 Å². The molecule has 1 aliphatic rings. The highest BCUT2D eigenvalue weighted by Gasteiger charge is 2.39. The SMILES string of the molecule is CCC1CC1NS(=O)(=O)c1cc(CNC)cc(C)c1Br. The van der Waals surface area contributed by atoms with E-state index in [2.05, 4.69) is 32.9 Å². The lowest BCUT2D eigenvalue weighted by Crippen LogP contribution is -2.27. The van der Waals surface area contributed by atoms with E-state index in [-0.39, 0.29) is 6.04 Å². The van der Waals surface area contributed by atoms with Gasteiger partial charge >= 0.3 is 0 Å². The second-order valence-corrected chi connectivity index (χ2v) is 7.86. The molecule has 2 rings (SSSR count). The summed E-state index contributed by atoms with van der Waals surface area (Å²) in [6.45, 7) is 4.65. The number of halogens is 1. The fourth-order valence-electron chi connectivity index (χ4n) is 2.42. The fourth-order valence-corrected chi connectivity index (χ4v) is 4.80. The highest BCUT2D eigenvalue weighted by Crippen LogP contribution is 2.35. The number of sulfonamides is 1. The van der Waals surface area contributed by atoms with Crippen LogP contribution in [-0.2, 0) is 16.6 Å². The monoisotopic (exact) mass is 360 g/mol. The Morgan fingerprint density at radius 3 is 2.65 bits per heavy atom. The molecule has 0 spiro atoms. The molecule has 1 aliphatic carbocycles. The third-order valence-electron chi connectivity index (χ3n) is 3.70. The molecule has 1 saturated carbocycles. The summed E-state index contributed by atoms with van der Waals surface area (Å²) >= 11 is 3.40. The van der Waals surface area contributed by atoms with Gasteiger partial charge in [0, 0.05) is 17.1 Å². The van der Waals surface area contributed by atoms with Crippen molar-refractivity contribution in [2.45, 2.75) is 44.2 Å². The van der Waals surface area contributed by atoms with E-state index < -0.39 is 10.0 Å². The van der Waals surface area contributed by atoms with Gasteiger partial charge in [-0.25, -0.2) is 13.1 Å². The largest absolute Gasteiger partial charge is 0.316 e. The molecule has 1 aromatic carbocycles. The molecule has 0 amide bonds. The molecule has 20 heavy (non-hydrogen) atoms. The molecule has 0 aliphatic heterocycles. The minimum atomic E-state index is -3.46. The Morgan fingerprint density at radius 1 is 1.40 bits per heavy atom. The first kappa shape index (κ1) is 15.9. The van der Waals surface area contributed by atoms with Crippen molar-refractivity contribution in [2.24, 2.45) is 5.92 Å². The topological polar surface area (TPSA) is 58.2 Å². The molecule has 0 bridgehead atoms.